The van der Waals surface area contributed by atoms with Gasteiger partial charge in [-0.2, -0.15) is 0 Å². The molecule has 0 N–H and O–H groups in total. The van der Waals surface area contributed by atoms with Crippen LogP contribution in [-0.4, -0.2) is 51.4 Å². The fraction of sp³-hybridized carbons (Fsp3) is 0.500. The van der Waals surface area contributed by atoms with Crippen LogP contribution in [0.5, 0.6) is 0 Å². The summed E-state index contributed by atoms with van der Waals surface area (Å²) < 4.78 is 1.95. The number of benzene rings is 1. The van der Waals surface area contributed by atoms with Gasteiger partial charge in [0.1, 0.15) is 0 Å². The smallest absolute Gasteiger partial charge is 0.224 e. The highest BCUT2D eigenvalue weighted by Crippen LogP contribution is 2.23. The summed E-state index contributed by atoms with van der Waals surface area (Å²) in [6, 6.07) is 7.12. The van der Waals surface area contributed by atoms with Gasteiger partial charge in [0, 0.05) is 57.6 Å². The number of amides is 1. The first-order valence-electron chi connectivity index (χ1n) is 9.09. The lowest BCUT2D eigenvalue weighted by atomic mass is 10.0. The standard InChI is InChI=1S/C20H28N4O/c1-16-4-5-19(14-17(16)2)18(3)23-10-12-24(13-11-23)20(25)6-8-22-9-7-21-15-22/h4-5,7,9,14-15,18H,6,8,10-13H2,1-3H3. The van der Waals surface area contributed by atoms with Gasteiger partial charge in [-0.3, -0.25) is 9.69 Å². The molecule has 2 heterocycles. The van der Waals surface area contributed by atoms with Crippen molar-refractivity contribution in [3.63, 3.8) is 0 Å². The van der Waals surface area contributed by atoms with Crippen LogP contribution in [0.1, 0.15) is 36.1 Å². The minimum absolute atomic E-state index is 0.243. The molecule has 1 amide bonds. The van der Waals surface area contributed by atoms with Gasteiger partial charge >= 0.3 is 0 Å². The second-order valence-electron chi connectivity index (χ2n) is 6.99. The summed E-state index contributed by atoms with van der Waals surface area (Å²) in [7, 11) is 0. The maximum Gasteiger partial charge on any atom is 0.224 e. The van der Waals surface area contributed by atoms with Crippen LogP contribution < -0.4 is 0 Å². The number of aryl methyl sites for hydroxylation is 3. The summed E-state index contributed by atoms with van der Waals surface area (Å²) in [6.07, 6.45) is 5.95. The first-order valence-corrected chi connectivity index (χ1v) is 9.09. The van der Waals surface area contributed by atoms with Gasteiger partial charge in [0.25, 0.3) is 0 Å². The van der Waals surface area contributed by atoms with Crippen molar-refractivity contribution in [2.45, 2.75) is 39.8 Å². The van der Waals surface area contributed by atoms with E-state index in [1.54, 1.807) is 12.5 Å². The fourth-order valence-electron chi connectivity index (χ4n) is 3.40. The molecule has 5 nitrogen and oxygen atoms in total. The molecule has 3 rings (SSSR count). The second kappa shape index (κ2) is 7.83. The Labute approximate surface area is 150 Å². The van der Waals surface area contributed by atoms with Gasteiger partial charge in [-0.15, -0.1) is 0 Å². The SMILES string of the molecule is Cc1ccc(C(C)N2CCN(C(=O)CCn3ccnc3)CC2)cc1C. The Morgan fingerprint density at radius 3 is 2.56 bits per heavy atom. The van der Waals surface area contributed by atoms with E-state index in [0.717, 1.165) is 26.2 Å². The first-order chi connectivity index (χ1) is 12.0. The lowest BCUT2D eigenvalue weighted by molar-refractivity contribution is -0.133. The van der Waals surface area contributed by atoms with E-state index in [4.69, 9.17) is 0 Å². The van der Waals surface area contributed by atoms with Crippen molar-refractivity contribution in [2.24, 2.45) is 0 Å². The molecule has 0 aliphatic carbocycles. The summed E-state index contributed by atoms with van der Waals surface area (Å²) in [5, 5.41) is 0. The predicted molar refractivity (Wildman–Crippen MR) is 99.3 cm³/mol. The zero-order valence-corrected chi connectivity index (χ0v) is 15.5. The van der Waals surface area contributed by atoms with Crippen molar-refractivity contribution in [3.05, 3.63) is 53.6 Å². The molecular weight excluding hydrogens is 312 g/mol. The Balaban J connectivity index is 1.50. The minimum Gasteiger partial charge on any atom is -0.340 e. The lowest BCUT2D eigenvalue weighted by Gasteiger charge is -2.38. The highest BCUT2D eigenvalue weighted by atomic mass is 16.2. The molecule has 25 heavy (non-hydrogen) atoms. The van der Waals surface area contributed by atoms with Gasteiger partial charge in [0.2, 0.25) is 5.91 Å². The Bertz CT molecular complexity index is 702. The third-order valence-corrected chi connectivity index (χ3v) is 5.37. The van der Waals surface area contributed by atoms with E-state index in [9.17, 15) is 4.79 Å². The van der Waals surface area contributed by atoms with Crippen molar-refractivity contribution < 1.29 is 4.79 Å². The van der Waals surface area contributed by atoms with Gasteiger partial charge < -0.3 is 9.47 Å². The number of nitrogens with zero attached hydrogens (tertiary/aromatic N) is 4. The number of carbonyl (C=O) groups excluding carboxylic acids is 1. The van der Waals surface area contributed by atoms with Gasteiger partial charge in [0.05, 0.1) is 6.33 Å². The Kier molecular flexibility index (Phi) is 5.53. The molecule has 1 aromatic heterocycles. The molecule has 0 bridgehead atoms. The largest absolute Gasteiger partial charge is 0.340 e. The second-order valence-corrected chi connectivity index (χ2v) is 6.99. The van der Waals surface area contributed by atoms with E-state index in [2.05, 4.69) is 48.9 Å². The average Bonchev–Trinajstić information content (AvgIpc) is 3.15. The molecule has 1 atom stereocenters. The molecule has 1 aliphatic heterocycles. The van der Waals surface area contributed by atoms with Crippen LogP contribution >= 0.6 is 0 Å². The summed E-state index contributed by atoms with van der Waals surface area (Å²) in [4.78, 5) is 20.9. The zero-order valence-electron chi connectivity index (χ0n) is 15.5. The number of piperazine rings is 1. The van der Waals surface area contributed by atoms with Crippen LogP contribution in [0, 0.1) is 13.8 Å². The van der Waals surface area contributed by atoms with Crippen molar-refractivity contribution in [3.8, 4) is 0 Å². The van der Waals surface area contributed by atoms with Crippen LogP contribution in [0.4, 0.5) is 0 Å². The minimum atomic E-state index is 0.243. The van der Waals surface area contributed by atoms with Gasteiger partial charge in [0.15, 0.2) is 0 Å². The number of hydrogen-bond acceptors (Lipinski definition) is 3. The number of rotatable bonds is 5. The quantitative estimate of drug-likeness (QED) is 0.840. The molecule has 134 valence electrons. The molecule has 1 saturated heterocycles. The third-order valence-electron chi connectivity index (χ3n) is 5.37. The van der Waals surface area contributed by atoms with Crippen LogP contribution in [0.2, 0.25) is 0 Å². The lowest BCUT2D eigenvalue weighted by Crippen LogP contribution is -2.49. The molecule has 0 saturated carbocycles. The molecule has 0 radical (unpaired) electrons. The molecule has 2 aromatic rings. The Morgan fingerprint density at radius 2 is 1.92 bits per heavy atom. The van der Waals surface area contributed by atoms with Crippen molar-refractivity contribution in [1.82, 2.24) is 19.4 Å². The van der Waals surface area contributed by atoms with E-state index < -0.39 is 0 Å². The molecule has 1 fully saturated rings. The first kappa shape index (κ1) is 17.7. The third kappa shape index (κ3) is 4.28. The highest BCUT2D eigenvalue weighted by Gasteiger charge is 2.24. The number of imidazole rings is 1. The highest BCUT2D eigenvalue weighted by molar-refractivity contribution is 5.76. The Morgan fingerprint density at radius 1 is 1.16 bits per heavy atom. The van der Waals surface area contributed by atoms with E-state index in [1.165, 1.54) is 16.7 Å². The van der Waals surface area contributed by atoms with Crippen molar-refractivity contribution in [2.75, 3.05) is 26.2 Å². The molecular formula is C20H28N4O. The van der Waals surface area contributed by atoms with E-state index in [-0.39, 0.29) is 5.91 Å². The maximum atomic E-state index is 12.4. The van der Waals surface area contributed by atoms with Gasteiger partial charge in [-0.1, -0.05) is 18.2 Å². The number of carbonyl (C=O) groups is 1. The molecule has 0 spiro atoms. The van der Waals surface area contributed by atoms with Crippen molar-refractivity contribution >= 4 is 5.91 Å². The molecule has 5 heteroatoms. The van der Waals surface area contributed by atoms with Crippen LogP contribution in [0.3, 0.4) is 0 Å². The van der Waals surface area contributed by atoms with Gasteiger partial charge in [-0.25, -0.2) is 4.98 Å². The topological polar surface area (TPSA) is 41.4 Å². The fourth-order valence-corrected chi connectivity index (χ4v) is 3.40. The zero-order chi connectivity index (χ0) is 17.8. The molecule has 1 unspecified atom stereocenters. The summed E-state index contributed by atoms with van der Waals surface area (Å²) in [5.74, 6) is 0.243. The van der Waals surface area contributed by atoms with Crippen LogP contribution in [-0.2, 0) is 11.3 Å². The average molecular weight is 340 g/mol. The predicted octanol–water partition coefficient (Wildman–Crippen LogP) is 2.80. The van der Waals surface area contributed by atoms with Crippen LogP contribution in [0.25, 0.3) is 0 Å². The van der Waals surface area contributed by atoms with E-state index >= 15 is 0 Å². The maximum absolute atomic E-state index is 12.4. The van der Waals surface area contributed by atoms with E-state index in [0.29, 0.717) is 19.0 Å². The van der Waals surface area contributed by atoms with E-state index in [1.807, 2.05) is 15.7 Å². The summed E-state index contributed by atoms with van der Waals surface area (Å²) in [6.45, 7) is 10.8. The molecule has 1 aromatic carbocycles. The normalized spacial score (nSPS) is 16.8. The molecule has 1 aliphatic rings. The number of hydrogen-bond donors (Lipinski definition) is 0. The van der Waals surface area contributed by atoms with Crippen molar-refractivity contribution in [1.29, 1.82) is 0 Å². The Hall–Kier alpha value is -2.14. The summed E-state index contributed by atoms with van der Waals surface area (Å²) in [5.41, 5.74) is 4.05. The monoisotopic (exact) mass is 340 g/mol. The van der Waals surface area contributed by atoms with Crippen LogP contribution in [0.15, 0.2) is 36.9 Å². The number of aromatic nitrogens is 2. The summed E-state index contributed by atoms with van der Waals surface area (Å²) >= 11 is 0. The van der Waals surface area contributed by atoms with Gasteiger partial charge in [-0.05, 0) is 37.5 Å².